The van der Waals surface area contributed by atoms with Gasteiger partial charge in [0.1, 0.15) is 3.70 Å². The van der Waals surface area contributed by atoms with Gasteiger partial charge < -0.3 is 0 Å². The number of carbonyl (C=O) groups excluding carboxylic acids is 1. The maximum absolute atomic E-state index is 12.2. The van der Waals surface area contributed by atoms with E-state index in [1.807, 2.05) is 0 Å². The molecule has 1 rings (SSSR count). The second-order valence-corrected chi connectivity index (χ2v) is 3.09. The Kier molecular flexibility index (Phi) is 3.07. The SMILES string of the molecule is O=Cc1cnc(I)c(C(F)F)c1. The third-order valence-corrected chi connectivity index (χ3v) is 2.16. The molecule has 64 valence electrons. The minimum atomic E-state index is -2.58. The van der Waals surface area contributed by atoms with Crippen LogP contribution in [0, 0.1) is 3.70 Å². The first kappa shape index (κ1) is 9.50. The van der Waals surface area contributed by atoms with Crippen molar-refractivity contribution in [2.24, 2.45) is 0 Å². The van der Waals surface area contributed by atoms with Crippen LogP contribution in [0.3, 0.4) is 0 Å². The minimum Gasteiger partial charge on any atom is -0.298 e. The fourth-order valence-corrected chi connectivity index (χ4v) is 1.23. The molecular formula is C7H4F2INO. The summed E-state index contributed by atoms with van der Waals surface area (Å²) in [6, 6.07) is 1.15. The van der Waals surface area contributed by atoms with Gasteiger partial charge in [0, 0.05) is 11.8 Å². The predicted octanol–water partition coefficient (Wildman–Crippen LogP) is 2.44. The minimum absolute atomic E-state index is 0.172. The number of alkyl halides is 2. The van der Waals surface area contributed by atoms with Crippen molar-refractivity contribution < 1.29 is 13.6 Å². The summed E-state index contributed by atoms with van der Waals surface area (Å²) in [7, 11) is 0. The van der Waals surface area contributed by atoms with Crippen LogP contribution in [0.1, 0.15) is 22.3 Å². The van der Waals surface area contributed by atoms with E-state index < -0.39 is 6.43 Å². The molecule has 0 saturated heterocycles. The fourth-order valence-electron chi connectivity index (χ4n) is 0.700. The highest BCUT2D eigenvalue weighted by molar-refractivity contribution is 14.1. The van der Waals surface area contributed by atoms with Crippen molar-refractivity contribution in [1.82, 2.24) is 4.98 Å². The van der Waals surface area contributed by atoms with Gasteiger partial charge in [-0.25, -0.2) is 13.8 Å². The lowest BCUT2D eigenvalue weighted by Crippen LogP contribution is -1.95. The molecule has 0 aromatic carbocycles. The van der Waals surface area contributed by atoms with Gasteiger partial charge >= 0.3 is 0 Å². The number of rotatable bonds is 2. The van der Waals surface area contributed by atoms with E-state index in [1.165, 1.54) is 6.20 Å². The average molecular weight is 283 g/mol. The Morgan fingerprint density at radius 3 is 2.75 bits per heavy atom. The van der Waals surface area contributed by atoms with Crippen LogP contribution >= 0.6 is 22.6 Å². The Bertz CT molecular complexity index is 303. The number of pyridine rings is 1. The average Bonchev–Trinajstić information content (AvgIpc) is 2.05. The summed E-state index contributed by atoms with van der Waals surface area (Å²) in [6.07, 6.45) is -0.820. The third-order valence-electron chi connectivity index (χ3n) is 1.26. The lowest BCUT2D eigenvalue weighted by molar-refractivity contribution is 0.112. The van der Waals surface area contributed by atoms with Crippen LogP contribution in [0.5, 0.6) is 0 Å². The maximum Gasteiger partial charge on any atom is 0.266 e. The Morgan fingerprint density at radius 2 is 2.25 bits per heavy atom. The lowest BCUT2D eigenvalue weighted by atomic mass is 10.2. The number of nitrogens with zero attached hydrogens (tertiary/aromatic N) is 1. The smallest absolute Gasteiger partial charge is 0.266 e. The number of hydrogen-bond acceptors (Lipinski definition) is 2. The molecule has 12 heavy (non-hydrogen) atoms. The third kappa shape index (κ3) is 1.96. The normalized spacial score (nSPS) is 10.3. The standard InChI is InChI=1S/C7H4F2INO/c8-6(9)5-1-4(3-12)2-11-7(5)10/h1-3,6H. The number of halogens is 3. The van der Waals surface area contributed by atoms with Crippen LogP contribution in [-0.2, 0) is 0 Å². The molecular weight excluding hydrogens is 279 g/mol. The van der Waals surface area contributed by atoms with Crippen molar-refractivity contribution in [3.63, 3.8) is 0 Å². The predicted molar refractivity (Wildman–Crippen MR) is 47.3 cm³/mol. The van der Waals surface area contributed by atoms with Gasteiger partial charge in [-0.05, 0) is 28.7 Å². The monoisotopic (exact) mass is 283 g/mol. The molecule has 1 aromatic rings. The van der Waals surface area contributed by atoms with Gasteiger partial charge in [0.05, 0.1) is 5.56 Å². The number of hydrogen-bond donors (Lipinski definition) is 0. The molecule has 0 amide bonds. The van der Waals surface area contributed by atoms with Crippen molar-refractivity contribution in [3.05, 3.63) is 27.1 Å². The van der Waals surface area contributed by atoms with Crippen LogP contribution in [0.4, 0.5) is 8.78 Å². The number of carbonyl (C=O) groups is 1. The van der Waals surface area contributed by atoms with E-state index in [2.05, 4.69) is 4.98 Å². The lowest BCUT2D eigenvalue weighted by Gasteiger charge is -2.01. The zero-order valence-corrected chi connectivity index (χ0v) is 7.96. The van der Waals surface area contributed by atoms with Crippen molar-refractivity contribution in [2.45, 2.75) is 6.43 Å². The molecule has 0 radical (unpaired) electrons. The van der Waals surface area contributed by atoms with Crippen LogP contribution in [0.2, 0.25) is 0 Å². The van der Waals surface area contributed by atoms with E-state index in [9.17, 15) is 13.6 Å². The molecule has 0 unspecified atom stereocenters. The second kappa shape index (κ2) is 3.88. The molecule has 0 spiro atoms. The molecule has 0 fully saturated rings. The fraction of sp³-hybridized carbons (Fsp3) is 0.143. The van der Waals surface area contributed by atoms with Crippen LogP contribution in [-0.4, -0.2) is 11.3 Å². The summed E-state index contributed by atoms with van der Waals surface area (Å²) >= 11 is 1.70. The quantitative estimate of drug-likeness (QED) is 0.474. The first-order valence-electron chi connectivity index (χ1n) is 3.04. The van der Waals surface area contributed by atoms with E-state index in [1.54, 1.807) is 22.6 Å². The van der Waals surface area contributed by atoms with E-state index in [-0.39, 0.29) is 14.8 Å². The second-order valence-electron chi connectivity index (χ2n) is 2.07. The molecule has 0 N–H and O–H groups in total. The van der Waals surface area contributed by atoms with E-state index in [0.717, 1.165) is 6.07 Å². The van der Waals surface area contributed by atoms with Gasteiger partial charge in [-0.3, -0.25) is 4.79 Å². The van der Waals surface area contributed by atoms with Gasteiger partial charge in [0.25, 0.3) is 6.43 Å². The maximum atomic E-state index is 12.2. The molecule has 0 aliphatic rings. The summed E-state index contributed by atoms with van der Waals surface area (Å²) in [5.41, 5.74) is -0.0223. The molecule has 1 heterocycles. The summed E-state index contributed by atoms with van der Waals surface area (Å²) < 4.78 is 24.6. The van der Waals surface area contributed by atoms with E-state index in [0.29, 0.717) is 6.29 Å². The topological polar surface area (TPSA) is 30.0 Å². The Labute approximate surface area is 81.1 Å². The van der Waals surface area contributed by atoms with Crippen molar-refractivity contribution >= 4 is 28.9 Å². The molecule has 1 aromatic heterocycles. The molecule has 5 heteroatoms. The first-order valence-corrected chi connectivity index (χ1v) is 4.12. The Balaban J connectivity index is 3.16. The molecule has 0 aliphatic heterocycles. The van der Waals surface area contributed by atoms with Gasteiger partial charge in [-0.15, -0.1) is 0 Å². The highest BCUT2D eigenvalue weighted by Crippen LogP contribution is 2.23. The van der Waals surface area contributed by atoms with Gasteiger partial charge in [-0.2, -0.15) is 0 Å². The molecule has 0 atom stereocenters. The molecule has 0 bridgehead atoms. The van der Waals surface area contributed by atoms with Crippen molar-refractivity contribution in [1.29, 1.82) is 0 Å². The zero-order valence-electron chi connectivity index (χ0n) is 5.80. The van der Waals surface area contributed by atoms with E-state index >= 15 is 0 Å². The molecule has 0 saturated carbocycles. The summed E-state index contributed by atoms with van der Waals surface area (Å²) in [4.78, 5) is 13.9. The van der Waals surface area contributed by atoms with Gasteiger partial charge in [0.15, 0.2) is 6.29 Å². The largest absolute Gasteiger partial charge is 0.298 e. The summed E-state index contributed by atoms with van der Waals surface area (Å²) in [5.74, 6) is 0. The summed E-state index contributed by atoms with van der Waals surface area (Å²) in [6.45, 7) is 0. The van der Waals surface area contributed by atoms with Crippen LogP contribution < -0.4 is 0 Å². The van der Waals surface area contributed by atoms with Gasteiger partial charge in [-0.1, -0.05) is 0 Å². The highest BCUT2D eigenvalue weighted by Gasteiger charge is 2.12. The Morgan fingerprint density at radius 1 is 1.58 bits per heavy atom. The zero-order chi connectivity index (χ0) is 9.14. The highest BCUT2D eigenvalue weighted by atomic mass is 127. The number of aromatic nitrogens is 1. The molecule has 0 aliphatic carbocycles. The first-order chi connectivity index (χ1) is 5.65. The Hall–Kier alpha value is -0.590. The van der Waals surface area contributed by atoms with Crippen LogP contribution in [0.15, 0.2) is 12.3 Å². The summed E-state index contributed by atoms with van der Waals surface area (Å²) in [5, 5.41) is 0. The van der Waals surface area contributed by atoms with Crippen molar-refractivity contribution in [2.75, 3.05) is 0 Å². The molecule has 2 nitrogen and oxygen atoms in total. The van der Waals surface area contributed by atoms with Gasteiger partial charge in [0.2, 0.25) is 0 Å². The number of aldehydes is 1. The van der Waals surface area contributed by atoms with Crippen molar-refractivity contribution in [3.8, 4) is 0 Å². The van der Waals surface area contributed by atoms with Crippen LogP contribution in [0.25, 0.3) is 0 Å². The van der Waals surface area contributed by atoms with E-state index in [4.69, 9.17) is 0 Å².